The van der Waals surface area contributed by atoms with Crippen LogP contribution in [0, 0.1) is 0 Å². The number of ether oxygens (including phenoxy) is 1. The molecule has 0 heterocycles. The zero-order valence-corrected chi connectivity index (χ0v) is 9.61. The van der Waals surface area contributed by atoms with Gasteiger partial charge in [0.2, 0.25) is 0 Å². The van der Waals surface area contributed by atoms with Crippen molar-refractivity contribution in [1.29, 1.82) is 0 Å². The molecule has 0 radical (unpaired) electrons. The molecule has 10 heavy (non-hydrogen) atoms. The Bertz CT molecular complexity index is 42.5. The van der Waals surface area contributed by atoms with E-state index in [1.165, 1.54) is 25.7 Å². The van der Waals surface area contributed by atoms with Crippen LogP contribution in [0.25, 0.3) is 0 Å². The quantitative estimate of drug-likeness (QED) is 0.627. The first-order chi connectivity index (χ1) is 4.41. The molecule has 0 aromatic heterocycles. The molecule has 0 aliphatic carbocycles. The van der Waals surface area contributed by atoms with Crippen molar-refractivity contribution >= 4 is 0 Å². The number of hydrogen-bond donors (Lipinski definition) is 0. The van der Waals surface area contributed by atoms with E-state index in [9.17, 15) is 0 Å². The monoisotopic (exact) mass is 220 g/mol. The van der Waals surface area contributed by atoms with Crippen LogP contribution in [-0.2, 0) is 30.9 Å². The zero-order chi connectivity index (χ0) is 6.95. The van der Waals surface area contributed by atoms with Gasteiger partial charge in [-0.1, -0.05) is 26.7 Å². The van der Waals surface area contributed by atoms with Gasteiger partial charge in [-0.05, 0) is 12.8 Å². The molecule has 2 heteroatoms. The maximum Gasteiger partial charge on any atom is 0.0465 e. The Morgan fingerprint density at radius 3 is 1.60 bits per heavy atom. The van der Waals surface area contributed by atoms with E-state index >= 15 is 0 Å². The number of hydrogen-bond acceptors (Lipinski definition) is 1. The predicted octanol–water partition coefficient (Wildman–Crippen LogP) is 2.60. The minimum Gasteiger partial charge on any atom is -0.381 e. The van der Waals surface area contributed by atoms with Crippen LogP contribution in [0.1, 0.15) is 39.5 Å². The van der Waals surface area contributed by atoms with E-state index in [0.29, 0.717) is 0 Å². The molecule has 60 valence electrons. The van der Waals surface area contributed by atoms with E-state index in [2.05, 4.69) is 13.8 Å². The fraction of sp³-hybridized carbons (Fsp3) is 1.00. The zero-order valence-electron chi connectivity index (χ0n) is 7.15. The van der Waals surface area contributed by atoms with E-state index in [-0.39, 0.29) is 26.2 Å². The molecule has 0 spiro atoms. The van der Waals surface area contributed by atoms with Crippen molar-refractivity contribution in [3.05, 3.63) is 0 Å². The van der Waals surface area contributed by atoms with Gasteiger partial charge in [-0.3, -0.25) is 0 Å². The fourth-order valence-electron chi connectivity index (χ4n) is 0.595. The van der Waals surface area contributed by atoms with Gasteiger partial charge in [0.1, 0.15) is 0 Å². The molecule has 0 aromatic rings. The Labute approximate surface area is 83.7 Å². The van der Waals surface area contributed by atoms with Gasteiger partial charge >= 0.3 is 0 Å². The van der Waals surface area contributed by atoms with Crippen molar-refractivity contribution in [2.24, 2.45) is 0 Å². The van der Waals surface area contributed by atoms with Crippen molar-refractivity contribution in [1.82, 2.24) is 0 Å². The smallest absolute Gasteiger partial charge is 0.0465 e. The number of rotatable bonds is 6. The van der Waals surface area contributed by atoms with Gasteiger partial charge in [-0.25, -0.2) is 0 Å². The third-order valence-electron chi connectivity index (χ3n) is 1.28. The van der Waals surface area contributed by atoms with Crippen LogP contribution in [0.15, 0.2) is 0 Å². The molecule has 0 fully saturated rings. The summed E-state index contributed by atoms with van der Waals surface area (Å²) < 4.78 is 5.31. The van der Waals surface area contributed by atoms with Crippen LogP contribution >= 0.6 is 0 Å². The molecule has 0 aliphatic heterocycles. The summed E-state index contributed by atoms with van der Waals surface area (Å²) >= 11 is 0. The summed E-state index contributed by atoms with van der Waals surface area (Å²) in [4.78, 5) is 0. The van der Waals surface area contributed by atoms with Crippen molar-refractivity contribution in [3.8, 4) is 0 Å². The van der Waals surface area contributed by atoms with Crippen molar-refractivity contribution in [3.63, 3.8) is 0 Å². The van der Waals surface area contributed by atoms with Gasteiger partial charge in [-0.15, -0.1) is 0 Å². The third kappa shape index (κ3) is 11.6. The summed E-state index contributed by atoms with van der Waals surface area (Å²) in [7, 11) is 0. The molecule has 0 aliphatic rings. The minimum absolute atomic E-state index is 0. The number of unbranched alkanes of at least 4 members (excludes halogenated alkanes) is 2. The molecule has 0 saturated carbocycles. The van der Waals surface area contributed by atoms with E-state index < -0.39 is 0 Å². The van der Waals surface area contributed by atoms with Crippen LogP contribution in [0.2, 0.25) is 0 Å². The normalized spacial score (nSPS) is 9.00. The topological polar surface area (TPSA) is 9.23 Å². The van der Waals surface area contributed by atoms with E-state index in [0.717, 1.165) is 13.2 Å². The summed E-state index contributed by atoms with van der Waals surface area (Å²) in [5.74, 6) is 0. The molecule has 0 atom stereocenters. The van der Waals surface area contributed by atoms with E-state index in [1.54, 1.807) is 0 Å². The van der Waals surface area contributed by atoms with Crippen LogP contribution in [0.4, 0.5) is 0 Å². The summed E-state index contributed by atoms with van der Waals surface area (Å²) in [6.45, 7) is 6.28. The van der Waals surface area contributed by atoms with Gasteiger partial charge in [0.25, 0.3) is 0 Å². The summed E-state index contributed by atoms with van der Waals surface area (Å²) in [6, 6.07) is 0. The van der Waals surface area contributed by atoms with Gasteiger partial charge in [0.15, 0.2) is 0 Å². The fourth-order valence-corrected chi connectivity index (χ4v) is 0.595. The molecule has 0 aromatic carbocycles. The maximum atomic E-state index is 5.31. The molecule has 0 bridgehead atoms. The summed E-state index contributed by atoms with van der Waals surface area (Å²) in [5, 5.41) is 0. The van der Waals surface area contributed by atoms with Crippen molar-refractivity contribution in [2.45, 2.75) is 39.5 Å². The molecule has 1 nitrogen and oxygen atoms in total. The standard InChI is InChI=1S/C8H18O.Zr/c1-3-5-7-9-8-6-4-2;/h3-8H2,1-2H3;. The molecule has 0 saturated heterocycles. The van der Waals surface area contributed by atoms with Gasteiger partial charge in [0.05, 0.1) is 0 Å². The first-order valence-corrected chi connectivity index (χ1v) is 3.99. The van der Waals surface area contributed by atoms with Gasteiger partial charge in [-0.2, -0.15) is 0 Å². The van der Waals surface area contributed by atoms with E-state index in [1.807, 2.05) is 0 Å². The molecular formula is C8H18OZr. The summed E-state index contributed by atoms with van der Waals surface area (Å²) in [6.07, 6.45) is 4.91. The molecule has 0 amide bonds. The van der Waals surface area contributed by atoms with Crippen LogP contribution in [0.5, 0.6) is 0 Å². The first kappa shape index (κ1) is 13.4. The SMILES string of the molecule is CCCCOCCCC.[Zr]. The maximum absolute atomic E-state index is 5.31. The van der Waals surface area contributed by atoms with Gasteiger partial charge in [0, 0.05) is 39.4 Å². The molecular weight excluding hydrogens is 203 g/mol. The van der Waals surface area contributed by atoms with Crippen molar-refractivity contribution < 1.29 is 30.9 Å². The minimum atomic E-state index is 0. The molecule has 0 rings (SSSR count). The molecule has 0 unspecified atom stereocenters. The van der Waals surface area contributed by atoms with Gasteiger partial charge < -0.3 is 4.74 Å². The third-order valence-corrected chi connectivity index (χ3v) is 1.28. The Kier molecular flexibility index (Phi) is 16.8. The second-order valence-corrected chi connectivity index (χ2v) is 2.32. The Morgan fingerprint density at radius 1 is 0.900 bits per heavy atom. The summed E-state index contributed by atoms with van der Waals surface area (Å²) in [5.41, 5.74) is 0. The van der Waals surface area contributed by atoms with Crippen LogP contribution < -0.4 is 0 Å². The van der Waals surface area contributed by atoms with E-state index in [4.69, 9.17) is 4.74 Å². The average molecular weight is 221 g/mol. The largest absolute Gasteiger partial charge is 0.381 e. The Hall–Kier alpha value is 0.843. The molecule has 0 N–H and O–H groups in total. The second kappa shape index (κ2) is 12.5. The Morgan fingerprint density at radius 2 is 1.30 bits per heavy atom. The second-order valence-electron chi connectivity index (χ2n) is 2.32. The Balaban J connectivity index is 0. The predicted molar refractivity (Wildman–Crippen MR) is 40.6 cm³/mol. The van der Waals surface area contributed by atoms with Crippen LogP contribution in [-0.4, -0.2) is 13.2 Å². The average Bonchev–Trinajstić information content (AvgIpc) is 1.89. The van der Waals surface area contributed by atoms with Crippen molar-refractivity contribution in [2.75, 3.05) is 13.2 Å². The van der Waals surface area contributed by atoms with Crippen LogP contribution in [0.3, 0.4) is 0 Å². The first-order valence-electron chi connectivity index (χ1n) is 3.99.